The second kappa shape index (κ2) is 4.98. The number of fused-ring (bicyclic) bond motifs is 1. The van der Waals surface area contributed by atoms with Crippen LogP contribution in [-0.2, 0) is 4.79 Å². The summed E-state index contributed by atoms with van der Waals surface area (Å²) in [6.45, 7) is 2.08. The third-order valence-electron chi connectivity index (χ3n) is 5.26. The molecule has 1 unspecified atom stereocenters. The minimum absolute atomic E-state index is 0.103. The normalized spacial score (nSPS) is 30.4. The van der Waals surface area contributed by atoms with Crippen LogP contribution in [-0.4, -0.2) is 22.8 Å². The van der Waals surface area contributed by atoms with E-state index in [1.54, 1.807) is 0 Å². The minimum Gasteiger partial charge on any atom is -0.332 e. The summed E-state index contributed by atoms with van der Waals surface area (Å²) in [4.78, 5) is 14.1. The molecule has 3 nitrogen and oxygen atoms in total. The average molecular weight is 322 g/mol. The molecule has 122 valence electrons. The Bertz CT molecular complexity index is 707. The van der Waals surface area contributed by atoms with Crippen molar-refractivity contribution in [2.45, 2.75) is 51.1 Å². The van der Waals surface area contributed by atoms with Crippen LogP contribution in [0.1, 0.15) is 50.3 Å². The number of rotatable bonds is 2. The van der Waals surface area contributed by atoms with Gasteiger partial charge in [-0.15, -0.1) is 0 Å². The summed E-state index contributed by atoms with van der Waals surface area (Å²) in [5.74, 6) is -4.25. The van der Waals surface area contributed by atoms with Crippen LogP contribution in [0.3, 0.4) is 0 Å². The number of alkyl halides is 2. The summed E-state index contributed by atoms with van der Waals surface area (Å²) in [6, 6.07) is 5.11. The molecule has 0 N–H and O–H groups in total. The summed E-state index contributed by atoms with van der Waals surface area (Å²) in [7, 11) is 0. The van der Waals surface area contributed by atoms with Crippen molar-refractivity contribution in [1.82, 2.24) is 4.90 Å². The van der Waals surface area contributed by atoms with Crippen LogP contribution in [0.4, 0.5) is 13.2 Å². The van der Waals surface area contributed by atoms with Gasteiger partial charge in [-0.05, 0) is 49.9 Å². The molecule has 0 saturated carbocycles. The number of benzene rings is 1. The Kier molecular flexibility index (Phi) is 3.44. The fourth-order valence-corrected chi connectivity index (χ4v) is 3.80. The molecule has 2 saturated heterocycles. The number of nitriles is 1. The highest BCUT2D eigenvalue weighted by atomic mass is 19.3. The molecule has 3 rings (SSSR count). The summed E-state index contributed by atoms with van der Waals surface area (Å²) < 4.78 is 41.5. The van der Waals surface area contributed by atoms with Gasteiger partial charge in [0.2, 0.25) is 5.91 Å². The Morgan fingerprint density at radius 2 is 2.04 bits per heavy atom. The largest absolute Gasteiger partial charge is 0.332 e. The van der Waals surface area contributed by atoms with Crippen LogP contribution in [0.25, 0.3) is 0 Å². The van der Waals surface area contributed by atoms with Gasteiger partial charge < -0.3 is 4.90 Å². The first-order valence-electron chi connectivity index (χ1n) is 7.58. The Hall–Kier alpha value is -2.03. The van der Waals surface area contributed by atoms with Gasteiger partial charge in [0.05, 0.1) is 17.7 Å². The van der Waals surface area contributed by atoms with Crippen LogP contribution in [0.15, 0.2) is 18.2 Å². The molecule has 1 amide bonds. The Balaban J connectivity index is 1.98. The van der Waals surface area contributed by atoms with E-state index >= 15 is 0 Å². The molecule has 0 aromatic heterocycles. The topological polar surface area (TPSA) is 44.1 Å². The first-order valence-corrected chi connectivity index (χ1v) is 7.58. The molecule has 2 fully saturated rings. The van der Waals surface area contributed by atoms with E-state index in [9.17, 15) is 18.0 Å². The third-order valence-corrected chi connectivity index (χ3v) is 5.26. The van der Waals surface area contributed by atoms with Crippen LogP contribution < -0.4 is 0 Å². The maximum Gasteiger partial charge on any atom is 0.259 e. The van der Waals surface area contributed by atoms with E-state index < -0.39 is 29.1 Å². The summed E-state index contributed by atoms with van der Waals surface area (Å²) >= 11 is 0. The smallest absolute Gasteiger partial charge is 0.259 e. The molecule has 0 bridgehead atoms. The molecule has 23 heavy (non-hydrogen) atoms. The van der Waals surface area contributed by atoms with Gasteiger partial charge in [0.1, 0.15) is 11.2 Å². The van der Waals surface area contributed by atoms with Gasteiger partial charge in [0.15, 0.2) is 0 Å². The van der Waals surface area contributed by atoms with Crippen LogP contribution in [0, 0.1) is 22.6 Å². The third kappa shape index (κ3) is 2.30. The average Bonchev–Trinajstić information content (AvgIpc) is 2.97. The van der Waals surface area contributed by atoms with E-state index in [2.05, 4.69) is 0 Å². The predicted octanol–water partition coefficient (Wildman–Crippen LogP) is 3.79. The zero-order chi connectivity index (χ0) is 17.0. The fraction of sp³-hybridized carbons (Fsp3) is 0.529. The molecule has 1 aromatic carbocycles. The SMILES string of the molecule is CC(F)(F)C1(C)C[C@H]2CC[C@@H](c3cc(F)cc(C#N)c3)N2C1=O. The molecule has 6 heteroatoms. The van der Waals surface area contributed by atoms with Gasteiger partial charge in [0, 0.05) is 13.0 Å². The van der Waals surface area contributed by atoms with Crippen molar-refractivity contribution in [3.8, 4) is 6.07 Å². The number of halogens is 3. The number of carbonyl (C=O) groups excluding carboxylic acids is 1. The molecular formula is C17H17F3N2O. The van der Waals surface area contributed by atoms with Gasteiger partial charge in [-0.25, -0.2) is 13.2 Å². The fourth-order valence-electron chi connectivity index (χ4n) is 3.80. The van der Waals surface area contributed by atoms with Crippen molar-refractivity contribution < 1.29 is 18.0 Å². The predicted molar refractivity (Wildman–Crippen MR) is 77.1 cm³/mol. The highest BCUT2D eigenvalue weighted by Crippen LogP contribution is 2.54. The second-order valence-electron chi connectivity index (χ2n) is 6.77. The summed E-state index contributed by atoms with van der Waals surface area (Å²) in [5, 5.41) is 8.96. The number of hydrogen-bond acceptors (Lipinski definition) is 2. The lowest BCUT2D eigenvalue weighted by Gasteiger charge is -2.31. The molecule has 1 aromatic rings. The van der Waals surface area contributed by atoms with Crippen LogP contribution in [0.5, 0.6) is 0 Å². The van der Waals surface area contributed by atoms with E-state index in [0.29, 0.717) is 18.4 Å². The number of amides is 1. The van der Waals surface area contributed by atoms with Gasteiger partial charge in [-0.1, -0.05) is 0 Å². The maximum absolute atomic E-state index is 13.9. The van der Waals surface area contributed by atoms with Crippen molar-refractivity contribution in [3.05, 3.63) is 35.1 Å². The monoisotopic (exact) mass is 322 g/mol. The zero-order valence-corrected chi connectivity index (χ0v) is 12.9. The Morgan fingerprint density at radius 3 is 2.65 bits per heavy atom. The highest BCUT2D eigenvalue weighted by Gasteiger charge is 2.62. The van der Waals surface area contributed by atoms with Crippen LogP contribution >= 0.6 is 0 Å². The lowest BCUT2D eigenvalue weighted by molar-refractivity contribution is -0.156. The zero-order valence-electron chi connectivity index (χ0n) is 12.9. The lowest BCUT2D eigenvalue weighted by atomic mass is 9.80. The second-order valence-corrected chi connectivity index (χ2v) is 6.77. The molecule has 2 aliphatic rings. The molecule has 2 heterocycles. The Morgan fingerprint density at radius 1 is 1.35 bits per heavy atom. The van der Waals surface area contributed by atoms with Crippen molar-refractivity contribution >= 4 is 5.91 Å². The Labute approximate surface area is 132 Å². The quantitative estimate of drug-likeness (QED) is 0.831. The standard InChI is InChI=1S/C17H17F3N2O/c1-16(17(2,19)20)8-13-3-4-14(22(13)15(16)23)11-5-10(9-21)6-12(18)7-11/h5-7,13-14H,3-4,8H2,1-2H3/t13-,14+,16?/m1/s1. The molecule has 0 spiro atoms. The molecule has 3 atom stereocenters. The molecular weight excluding hydrogens is 305 g/mol. The maximum atomic E-state index is 13.9. The first-order chi connectivity index (χ1) is 10.7. The minimum atomic E-state index is -3.11. The van der Waals surface area contributed by atoms with Gasteiger partial charge in [0.25, 0.3) is 5.92 Å². The summed E-state index contributed by atoms with van der Waals surface area (Å²) in [6.07, 6.45) is 1.31. The van der Waals surface area contributed by atoms with Gasteiger partial charge in [-0.3, -0.25) is 4.79 Å². The van der Waals surface area contributed by atoms with Gasteiger partial charge >= 0.3 is 0 Å². The van der Waals surface area contributed by atoms with E-state index in [1.807, 2.05) is 6.07 Å². The molecule has 0 radical (unpaired) electrons. The van der Waals surface area contributed by atoms with Crippen molar-refractivity contribution in [3.63, 3.8) is 0 Å². The van der Waals surface area contributed by atoms with Crippen molar-refractivity contribution in [1.29, 1.82) is 5.26 Å². The molecule has 0 aliphatic carbocycles. The van der Waals surface area contributed by atoms with E-state index in [-0.39, 0.29) is 18.0 Å². The van der Waals surface area contributed by atoms with Crippen molar-refractivity contribution in [2.75, 3.05) is 0 Å². The lowest BCUT2D eigenvalue weighted by Crippen LogP contribution is -2.44. The van der Waals surface area contributed by atoms with E-state index in [1.165, 1.54) is 24.0 Å². The number of hydrogen-bond donors (Lipinski definition) is 0. The highest BCUT2D eigenvalue weighted by molar-refractivity contribution is 5.87. The first kappa shape index (κ1) is 15.9. The number of nitrogens with zero attached hydrogens (tertiary/aromatic N) is 2. The summed E-state index contributed by atoms with van der Waals surface area (Å²) in [5.41, 5.74) is -1.05. The van der Waals surface area contributed by atoms with E-state index in [0.717, 1.165) is 13.0 Å². The number of carbonyl (C=O) groups is 1. The van der Waals surface area contributed by atoms with E-state index in [4.69, 9.17) is 5.26 Å². The van der Waals surface area contributed by atoms with Crippen molar-refractivity contribution in [2.24, 2.45) is 5.41 Å². The van der Waals surface area contributed by atoms with Crippen LogP contribution in [0.2, 0.25) is 0 Å². The molecule has 2 aliphatic heterocycles. The van der Waals surface area contributed by atoms with Gasteiger partial charge in [-0.2, -0.15) is 5.26 Å².